The summed E-state index contributed by atoms with van der Waals surface area (Å²) in [6.07, 6.45) is -2.64. The summed E-state index contributed by atoms with van der Waals surface area (Å²) in [5.74, 6) is 0. The second kappa shape index (κ2) is 4.64. The first kappa shape index (κ1) is 12.9. The molecule has 1 aliphatic heterocycles. The summed E-state index contributed by atoms with van der Waals surface area (Å²) in [5.41, 5.74) is 5.33. The molecule has 1 aromatic heterocycles. The van der Waals surface area contributed by atoms with Crippen molar-refractivity contribution >= 4 is 11.4 Å². The van der Waals surface area contributed by atoms with Crippen LogP contribution in [-0.4, -0.2) is 31.3 Å². The first-order valence-corrected chi connectivity index (χ1v) is 5.53. The number of pyridine rings is 1. The number of hydrogen-bond donors (Lipinski definition) is 1. The van der Waals surface area contributed by atoms with Gasteiger partial charge in [-0.1, -0.05) is 0 Å². The van der Waals surface area contributed by atoms with E-state index in [2.05, 4.69) is 4.98 Å². The zero-order valence-electron chi connectivity index (χ0n) is 9.87. The normalized spacial score (nSPS) is 20.1. The highest BCUT2D eigenvalue weighted by Crippen LogP contribution is 2.33. The van der Waals surface area contributed by atoms with Gasteiger partial charge in [0.1, 0.15) is 5.69 Å². The summed E-state index contributed by atoms with van der Waals surface area (Å²) in [5, 5.41) is 0. The van der Waals surface area contributed by atoms with Gasteiger partial charge in [-0.25, -0.2) is 4.98 Å². The monoisotopic (exact) mass is 261 g/mol. The Morgan fingerprint density at radius 1 is 1.50 bits per heavy atom. The molecule has 1 atom stereocenters. The Bertz CT molecular complexity index is 430. The summed E-state index contributed by atoms with van der Waals surface area (Å²) >= 11 is 0. The highest BCUT2D eigenvalue weighted by molar-refractivity contribution is 5.67. The zero-order valence-corrected chi connectivity index (χ0v) is 9.87. The average Bonchev–Trinajstić information content (AvgIpc) is 2.80. The third kappa shape index (κ3) is 2.50. The zero-order chi connectivity index (χ0) is 13.3. The molecular weight excluding hydrogens is 247 g/mol. The molecule has 0 saturated carbocycles. The largest absolute Gasteiger partial charge is 0.433 e. The number of nitrogens with zero attached hydrogens (tertiary/aromatic N) is 2. The highest BCUT2D eigenvalue weighted by Gasteiger charge is 2.34. The summed E-state index contributed by atoms with van der Waals surface area (Å²) in [6.45, 7) is 1.12. The van der Waals surface area contributed by atoms with E-state index in [0.29, 0.717) is 18.9 Å². The van der Waals surface area contributed by atoms with Crippen LogP contribution >= 0.6 is 0 Å². The Morgan fingerprint density at radius 3 is 2.78 bits per heavy atom. The number of rotatable bonds is 2. The fourth-order valence-electron chi connectivity index (χ4n) is 1.94. The number of alkyl halides is 3. The molecule has 0 amide bonds. The van der Waals surface area contributed by atoms with Crippen molar-refractivity contribution < 1.29 is 17.9 Å². The Balaban J connectivity index is 2.31. The van der Waals surface area contributed by atoms with E-state index in [1.165, 1.54) is 0 Å². The molecule has 1 aromatic rings. The minimum atomic E-state index is -4.46. The first-order chi connectivity index (χ1) is 8.39. The highest BCUT2D eigenvalue weighted by atomic mass is 19.4. The van der Waals surface area contributed by atoms with E-state index in [1.54, 1.807) is 11.9 Å². The Kier molecular flexibility index (Phi) is 3.34. The molecular formula is C11H14F3N3O. The van der Waals surface area contributed by atoms with E-state index in [1.807, 2.05) is 0 Å². The van der Waals surface area contributed by atoms with Gasteiger partial charge in [0.2, 0.25) is 0 Å². The second-order valence-electron chi connectivity index (χ2n) is 4.25. The molecule has 18 heavy (non-hydrogen) atoms. The van der Waals surface area contributed by atoms with Crippen LogP contribution in [-0.2, 0) is 10.9 Å². The minimum Gasteiger partial charge on any atom is -0.396 e. The van der Waals surface area contributed by atoms with E-state index in [9.17, 15) is 13.2 Å². The van der Waals surface area contributed by atoms with Crippen molar-refractivity contribution in [3.8, 4) is 0 Å². The van der Waals surface area contributed by atoms with Crippen LogP contribution in [0, 0.1) is 0 Å². The van der Waals surface area contributed by atoms with Crippen molar-refractivity contribution in [1.29, 1.82) is 0 Å². The Hall–Kier alpha value is -1.50. The molecule has 0 aliphatic carbocycles. The van der Waals surface area contributed by atoms with Gasteiger partial charge in [0.25, 0.3) is 0 Å². The van der Waals surface area contributed by atoms with Gasteiger partial charge >= 0.3 is 6.18 Å². The standard InChI is InChI=1S/C11H14F3N3O/c1-17(7-2-3-18-6-7)9-4-10(11(12,13)14)16-5-8(9)15/h4-5,7H,2-3,6,15H2,1H3. The minimum absolute atomic E-state index is 0.0517. The molecule has 1 unspecified atom stereocenters. The van der Waals surface area contributed by atoms with Crippen LogP contribution in [0.4, 0.5) is 24.5 Å². The van der Waals surface area contributed by atoms with Crippen molar-refractivity contribution in [2.45, 2.75) is 18.6 Å². The maximum atomic E-state index is 12.6. The summed E-state index contributed by atoms with van der Waals surface area (Å²) < 4.78 is 43.0. The van der Waals surface area contributed by atoms with Gasteiger partial charge in [-0.05, 0) is 12.5 Å². The quantitative estimate of drug-likeness (QED) is 0.883. The number of halogens is 3. The van der Waals surface area contributed by atoms with Crippen molar-refractivity contribution in [2.24, 2.45) is 0 Å². The third-order valence-electron chi connectivity index (χ3n) is 3.04. The first-order valence-electron chi connectivity index (χ1n) is 5.53. The van der Waals surface area contributed by atoms with Crippen LogP contribution in [0.15, 0.2) is 12.3 Å². The molecule has 0 aromatic carbocycles. The lowest BCUT2D eigenvalue weighted by Crippen LogP contribution is -2.32. The van der Waals surface area contributed by atoms with Crippen LogP contribution in [0.5, 0.6) is 0 Å². The number of nitrogen functional groups attached to an aromatic ring is 1. The number of nitrogens with two attached hydrogens (primary N) is 1. The number of ether oxygens (including phenoxy) is 1. The maximum Gasteiger partial charge on any atom is 0.433 e. The van der Waals surface area contributed by atoms with Gasteiger partial charge in [0.05, 0.1) is 30.2 Å². The lowest BCUT2D eigenvalue weighted by molar-refractivity contribution is -0.141. The summed E-state index contributed by atoms with van der Waals surface area (Å²) in [4.78, 5) is 5.03. The topological polar surface area (TPSA) is 51.4 Å². The lowest BCUT2D eigenvalue weighted by atomic mass is 10.2. The number of anilines is 2. The molecule has 0 spiro atoms. The van der Waals surface area contributed by atoms with Crippen LogP contribution in [0.1, 0.15) is 12.1 Å². The molecule has 1 saturated heterocycles. The van der Waals surface area contributed by atoms with Gasteiger partial charge in [0.15, 0.2) is 0 Å². The molecule has 4 nitrogen and oxygen atoms in total. The lowest BCUT2D eigenvalue weighted by Gasteiger charge is -2.27. The van der Waals surface area contributed by atoms with Gasteiger partial charge in [0, 0.05) is 13.7 Å². The maximum absolute atomic E-state index is 12.6. The van der Waals surface area contributed by atoms with E-state index in [0.717, 1.165) is 18.7 Å². The molecule has 1 fully saturated rings. The molecule has 0 radical (unpaired) electrons. The van der Waals surface area contributed by atoms with Crippen molar-refractivity contribution in [3.05, 3.63) is 18.0 Å². The molecule has 2 rings (SSSR count). The smallest absolute Gasteiger partial charge is 0.396 e. The van der Waals surface area contributed by atoms with Gasteiger partial charge in [-0.2, -0.15) is 13.2 Å². The van der Waals surface area contributed by atoms with Gasteiger partial charge in [-0.15, -0.1) is 0 Å². The third-order valence-corrected chi connectivity index (χ3v) is 3.04. The van der Waals surface area contributed by atoms with Crippen LogP contribution in [0.25, 0.3) is 0 Å². The number of aromatic nitrogens is 1. The SMILES string of the molecule is CN(c1cc(C(F)(F)F)ncc1N)C1CCOC1. The van der Waals surface area contributed by atoms with E-state index in [4.69, 9.17) is 10.5 Å². The molecule has 1 aliphatic rings. The van der Waals surface area contributed by atoms with Gasteiger partial charge in [-0.3, -0.25) is 0 Å². The van der Waals surface area contributed by atoms with Crippen LogP contribution < -0.4 is 10.6 Å². The fourth-order valence-corrected chi connectivity index (χ4v) is 1.94. The number of hydrogen-bond acceptors (Lipinski definition) is 4. The average molecular weight is 261 g/mol. The van der Waals surface area contributed by atoms with E-state index >= 15 is 0 Å². The van der Waals surface area contributed by atoms with Gasteiger partial charge < -0.3 is 15.4 Å². The predicted molar refractivity (Wildman–Crippen MR) is 61.3 cm³/mol. The van der Waals surface area contributed by atoms with Crippen LogP contribution in [0.2, 0.25) is 0 Å². The Labute approximate surface area is 103 Å². The molecule has 7 heteroatoms. The molecule has 2 heterocycles. The number of likely N-dealkylation sites (N-methyl/N-ethyl adjacent to an activating group) is 1. The Morgan fingerprint density at radius 2 is 2.22 bits per heavy atom. The molecule has 100 valence electrons. The fraction of sp³-hybridized carbons (Fsp3) is 0.545. The second-order valence-corrected chi connectivity index (χ2v) is 4.25. The predicted octanol–water partition coefficient (Wildman–Crippen LogP) is 1.91. The van der Waals surface area contributed by atoms with Crippen LogP contribution in [0.3, 0.4) is 0 Å². The van der Waals surface area contributed by atoms with Crippen molar-refractivity contribution in [3.63, 3.8) is 0 Å². The van der Waals surface area contributed by atoms with E-state index in [-0.39, 0.29) is 11.7 Å². The van der Waals surface area contributed by atoms with Crippen molar-refractivity contribution in [1.82, 2.24) is 4.98 Å². The summed E-state index contributed by atoms with van der Waals surface area (Å²) in [7, 11) is 1.71. The van der Waals surface area contributed by atoms with E-state index < -0.39 is 11.9 Å². The van der Waals surface area contributed by atoms with Crippen molar-refractivity contribution in [2.75, 3.05) is 30.9 Å². The molecule has 2 N–H and O–H groups in total. The molecule has 0 bridgehead atoms. The summed E-state index contributed by atoms with van der Waals surface area (Å²) in [6, 6.07) is 1.03.